The van der Waals surface area contributed by atoms with Crippen molar-refractivity contribution in [2.75, 3.05) is 0 Å². The average molecular weight is 373 g/mol. The van der Waals surface area contributed by atoms with E-state index in [2.05, 4.69) is 45.9 Å². The van der Waals surface area contributed by atoms with Crippen LogP contribution in [-0.4, -0.2) is 0 Å². The van der Waals surface area contributed by atoms with Crippen LogP contribution in [0.3, 0.4) is 0 Å². The molecule has 0 fully saturated rings. The fourth-order valence-corrected chi connectivity index (χ4v) is 3.68. The Balaban J connectivity index is 1.99. The van der Waals surface area contributed by atoms with Crippen LogP contribution in [0.4, 0.5) is 8.78 Å². The minimum absolute atomic E-state index is 0.0996. The maximum Gasteiger partial charge on any atom is 0.273 e. The quantitative estimate of drug-likeness (QED) is 0.398. The van der Waals surface area contributed by atoms with Crippen LogP contribution in [0.5, 0.6) is 0 Å². The van der Waals surface area contributed by atoms with Gasteiger partial charge in [0.05, 0.1) is 0 Å². The first-order chi connectivity index (χ1) is 12.9. The van der Waals surface area contributed by atoms with Gasteiger partial charge in [-0.15, -0.1) is 0 Å². The van der Waals surface area contributed by atoms with Crippen LogP contribution < -0.4 is 0 Å². The lowest BCUT2D eigenvalue weighted by Crippen LogP contribution is -2.14. The minimum atomic E-state index is -2.76. The highest BCUT2D eigenvalue weighted by atomic mass is 19.3. The largest absolute Gasteiger partial charge is 0.273 e. The SMILES string of the molecule is CCCCc1cccc(C(F)(F)CCCc2ccc(C(C)C)c(CC)c2)c1. The Bertz CT molecular complexity index is 716. The standard InChI is InChI=1S/C25H34F2/c1-5-7-10-20-11-8-13-23(18-20)25(26,27)16-9-12-21-14-15-24(19(3)4)22(6-2)17-21/h8,11,13-15,17-19H,5-7,9-10,12,16H2,1-4H3. The van der Waals surface area contributed by atoms with Crippen LogP contribution in [0.25, 0.3) is 0 Å². The lowest BCUT2D eigenvalue weighted by Gasteiger charge is -2.18. The van der Waals surface area contributed by atoms with Gasteiger partial charge in [0.2, 0.25) is 0 Å². The molecule has 0 saturated carbocycles. The number of unbranched alkanes of at least 4 members (excludes halogenated alkanes) is 1. The third-order valence-corrected chi connectivity index (χ3v) is 5.33. The summed E-state index contributed by atoms with van der Waals surface area (Å²) in [6.07, 6.45) is 5.09. The Morgan fingerprint density at radius 2 is 1.59 bits per heavy atom. The van der Waals surface area contributed by atoms with Gasteiger partial charge in [-0.05, 0) is 66.3 Å². The van der Waals surface area contributed by atoms with Gasteiger partial charge in [0.25, 0.3) is 5.92 Å². The zero-order valence-corrected chi connectivity index (χ0v) is 17.3. The first-order valence-electron chi connectivity index (χ1n) is 10.5. The van der Waals surface area contributed by atoms with E-state index in [1.54, 1.807) is 18.2 Å². The molecule has 27 heavy (non-hydrogen) atoms. The van der Waals surface area contributed by atoms with Gasteiger partial charge in [0, 0.05) is 12.0 Å². The molecule has 0 aliphatic heterocycles. The lowest BCUT2D eigenvalue weighted by molar-refractivity contribution is -0.0152. The predicted molar refractivity (Wildman–Crippen MR) is 112 cm³/mol. The summed E-state index contributed by atoms with van der Waals surface area (Å²) in [7, 11) is 0. The molecule has 0 atom stereocenters. The van der Waals surface area contributed by atoms with Crippen LogP contribution in [0, 0.1) is 0 Å². The summed E-state index contributed by atoms with van der Waals surface area (Å²) in [6.45, 7) is 8.67. The summed E-state index contributed by atoms with van der Waals surface area (Å²) in [5.74, 6) is -2.26. The van der Waals surface area contributed by atoms with E-state index in [9.17, 15) is 8.78 Å². The first-order valence-corrected chi connectivity index (χ1v) is 10.5. The Kier molecular flexibility index (Phi) is 8.01. The second kappa shape index (κ2) is 10.0. The van der Waals surface area contributed by atoms with Crippen molar-refractivity contribution in [3.8, 4) is 0 Å². The summed E-state index contributed by atoms with van der Waals surface area (Å²) in [5.41, 5.74) is 5.07. The number of halogens is 2. The normalized spacial score (nSPS) is 12.0. The molecule has 2 heteroatoms. The van der Waals surface area contributed by atoms with Crippen LogP contribution >= 0.6 is 0 Å². The highest BCUT2D eigenvalue weighted by molar-refractivity contribution is 5.34. The smallest absolute Gasteiger partial charge is 0.201 e. The van der Waals surface area contributed by atoms with Crippen molar-refractivity contribution >= 4 is 0 Å². The van der Waals surface area contributed by atoms with Crippen molar-refractivity contribution in [1.82, 2.24) is 0 Å². The molecule has 0 N–H and O–H groups in total. The molecule has 2 rings (SSSR count). The molecule has 148 valence electrons. The van der Waals surface area contributed by atoms with E-state index in [0.29, 0.717) is 18.8 Å². The van der Waals surface area contributed by atoms with Gasteiger partial charge in [-0.1, -0.05) is 70.5 Å². The molecule has 0 radical (unpaired) electrons. The van der Waals surface area contributed by atoms with Crippen molar-refractivity contribution in [2.45, 2.75) is 84.5 Å². The molecule has 0 spiro atoms. The van der Waals surface area contributed by atoms with E-state index in [4.69, 9.17) is 0 Å². The van der Waals surface area contributed by atoms with Gasteiger partial charge in [-0.3, -0.25) is 0 Å². The predicted octanol–water partition coefficient (Wildman–Crippen LogP) is 7.83. The van der Waals surface area contributed by atoms with Crippen molar-refractivity contribution < 1.29 is 8.78 Å². The van der Waals surface area contributed by atoms with Crippen molar-refractivity contribution in [3.63, 3.8) is 0 Å². The second-order valence-corrected chi connectivity index (χ2v) is 7.90. The van der Waals surface area contributed by atoms with Crippen LogP contribution in [0.15, 0.2) is 42.5 Å². The fourth-order valence-electron chi connectivity index (χ4n) is 3.68. The van der Waals surface area contributed by atoms with Gasteiger partial charge in [-0.2, -0.15) is 0 Å². The summed E-state index contributed by atoms with van der Waals surface area (Å²) in [5, 5.41) is 0. The Morgan fingerprint density at radius 1 is 0.889 bits per heavy atom. The molecule has 2 aromatic carbocycles. The monoisotopic (exact) mass is 372 g/mol. The summed E-state index contributed by atoms with van der Waals surface area (Å²) in [4.78, 5) is 0. The molecule has 0 aromatic heterocycles. The molecule has 2 aromatic rings. The molecule has 0 unspecified atom stereocenters. The van der Waals surface area contributed by atoms with Crippen molar-refractivity contribution in [3.05, 3.63) is 70.3 Å². The van der Waals surface area contributed by atoms with E-state index in [-0.39, 0.29) is 12.0 Å². The molecule has 0 bridgehead atoms. The third kappa shape index (κ3) is 6.16. The summed E-state index contributed by atoms with van der Waals surface area (Å²) < 4.78 is 29.4. The van der Waals surface area contributed by atoms with Gasteiger partial charge >= 0.3 is 0 Å². The van der Waals surface area contributed by atoms with Gasteiger partial charge in [0.15, 0.2) is 0 Å². The van der Waals surface area contributed by atoms with Gasteiger partial charge in [0.1, 0.15) is 0 Å². The van der Waals surface area contributed by atoms with Crippen molar-refractivity contribution in [2.24, 2.45) is 0 Å². The Labute approximate surface area is 164 Å². The summed E-state index contributed by atoms with van der Waals surface area (Å²) in [6, 6.07) is 13.5. The van der Waals surface area contributed by atoms with E-state index in [1.807, 2.05) is 6.07 Å². The highest BCUT2D eigenvalue weighted by Crippen LogP contribution is 2.34. The number of rotatable bonds is 10. The highest BCUT2D eigenvalue weighted by Gasteiger charge is 2.30. The molecular formula is C25H34F2. The van der Waals surface area contributed by atoms with E-state index in [0.717, 1.165) is 31.2 Å². The number of alkyl halides is 2. The molecule has 0 nitrogen and oxygen atoms in total. The Morgan fingerprint density at radius 3 is 2.26 bits per heavy atom. The average Bonchev–Trinajstić information content (AvgIpc) is 2.66. The number of aryl methyl sites for hydroxylation is 3. The molecule has 0 heterocycles. The van der Waals surface area contributed by atoms with Crippen LogP contribution in [0.2, 0.25) is 0 Å². The maximum absolute atomic E-state index is 14.7. The molecule has 0 saturated heterocycles. The lowest BCUT2D eigenvalue weighted by atomic mass is 9.92. The fraction of sp³-hybridized carbons (Fsp3) is 0.520. The zero-order valence-electron chi connectivity index (χ0n) is 17.3. The third-order valence-electron chi connectivity index (χ3n) is 5.33. The zero-order chi connectivity index (χ0) is 19.9. The number of hydrogen-bond donors (Lipinski definition) is 0. The van der Waals surface area contributed by atoms with Crippen LogP contribution in [-0.2, 0) is 25.2 Å². The molecular weight excluding hydrogens is 338 g/mol. The number of hydrogen-bond acceptors (Lipinski definition) is 0. The minimum Gasteiger partial charge on any atom is -0.201 e. The van der Waals surface area contributed by atoms with Gasteiger partial charge in [-0.25, -0.2) is 8.78 Å². The van der Waals surface area contributed by atoms with E-state index in [1.165, 1.54) is 16.7 Å². The van der Waals surface area contributed by atoms with E-state index >= 15 is 0 Å². The Hall–Kier alpha value is -1.70. The number of benzene rings is 2. The molecule has 0 amide bonds. The second-order valence-electron chi connectivity index (χ2n) is 7.90. The maximum atomic E-state index is 14.7. The van der Waals surface area contributed by atoms with Gasteiger partial charge < -0.3 is 0 Å². The van der Waals surface area contributed by atoms with E-state index < -0.39 is 5.92 Å². The summed E-state index contributed by atoms with van der Waals surface area (Å²) >= 11 is 0. The molecule has 0 aliphatic rings. The molecule has 0 aliphatic carbocycles. The van der Waals surface area contributed by atoms with Crippen molar-refractivity contribution in [1.29, 1.82) is 0 Å². The topological polar surface area (TPSA) is 0 Å². The first kappa shape index (κ1) is 21.6. The van der Waals surface area contributed by atoms with Crippen LogP contribution in [0.1, 0.15) is 87.1 Å².